The van der Waals surface area contributed by atoms with Crippen molar-refractivity contribution in [1.82, 2.24) is 5.43 Å². The van der Waals surface area contributed by atoms with Crippen molar-refractivity contribution >= 4 is 34.7 Å². The van der Waals surface area contributed by atoms with Crippen molar-refractivity contribution in [2.24, 2.45) is 5.10 Å². The summed E-state index contributed by atoms with van der Waals surface area (Å²) in [5.74, 6) is 0.183. The number of aromatic hydroxyl groups is 1. The number of benzene rings is 2. The number of nitrogens with zero attached hydrogens (tertiary/aromatic N) is 1. The zero-order valence-corrected chi connectivity index (χ0v) is 14.1. The molecule has 0 aromatic heterocycles. The molecule has 0 aliphatic carbocycles. The first kappa shape index (κ1) is 16.3. The molecule has 114 valence electrons. The van der Waals surface area contributed by atoms with Gasteiger partial charge in [-0.1, -0.05) is 12.1 Å². The molecule has 5 nitrogen and oxygen atoms in total. The Morgan fingerprint density at radius 2 is 2.14 bits per heavy atom. The zero-order valence-electron chi connectivity index (χ0n) is 11.9. The summed E-state index contributed by atoms with van der Waals surface area (Å²) >= 11 is 2.10. The number of nitrogens with one attached hydrogen (secondary N) is 1. The van der Waals surface area contributed by atoms with Crippen LogP contribution in [0.15, 0.2) is 47.6 Å². The lowest BCUT2D eigenvalue weighted by atomic mass is 10.2. The van der Waals surface area contributed by atoms with Gasteiger partial charge in [0, 0.05) is 3.57 Å². The molecular formula is C16H15IN2O3. The summed E-state index contributed by atoms with van der Waals surface area (Å²) in [5.41, 5.74) is 3.76. The Labute approximate surface area is 142 Å². The van der Waals surface area contributed by atoms with Gasteiger partial charge in [-0.15, -0.1) is 0 Å². The largest absolute Gasteiger partial charge is 0.504 e. The van der Waals surface area contributed by atoms with E-state index in [1.54, 1.807) is 24.3 Å². The average Bonchev–Trinajstić information content (AvgIpc) is 2.51. The van der Waals surface area contributed by atoms with E-state index in [9.17, 15) is 9.90 Å². The van der Waals surface area contributed by atoms with E-state index >= 15 is 0 Å². The first-order valence-corrected chi connectivity index (χ1v) is 7.73. The predicted octanol–water partition coefficient (Wildman–Crippen LogP) is 3.16. The van der Waals surface area contributed by atoms with Crippen molar-refractivity contribution in [3.63, 3.8) is 0 Å². The smallest absolute Gasteiger partial charge is 0.272 e. The fourth-order valence-electron chi connectivity index (χ4n) is 1.75. The maximum atomic E-state index is 12.0. The van der Waals surface area contributed by atoms with Crippen LogP contribution >= 0.6 is 22.6 Å². The normalized spacial score (nSPS) is 10.6. The van der Waals surface area contributed by atoms with Crippen LogP contribution in [0, 0.1) is 3.57 Å². The van der Waals surface area contributed by atoms with Crippen LogP contribution in [-0.2, 0) is 0 Å². The van der Waals surface area contributed by atoms with Crippen LogP contribution in [0.2, 0.25) is 0 Å². The van der Waals surface area contributed by atoms with Crippen LogP contribution in [0.4, 0.5) is 0 Å². The third kappa shape index (κ3) is 4.20. The van der Waals surface area contributed by atoms with E-state index in [0.717, 1.165) is 3.57 Å². The van der Waals surface area contributed by atoms with E-state index in [1.807, 2.05) is 19.1 Å². The Morgan fingerprint density at radius 1 is 1.36 bits per heavy atom. The second-order valence-corrected chi connectivity index (χ2v) is 5.50. The summed E-state index contributed by atoms with van der Waals surface area (Å²) in [6.07, 6.45) is 1.50. The summed E-state index contributed by atoms with van der Waals surface area (Å²) < 4.78 is 6.15. The Balaban J connectivity index is 2.05. The number of hydrazone groups is 1. The summed E-state index contributed by atoms with van der Waals surface area (Å²) in [6, 6.07) is 12.1. The molecule has 0 unspecified atom stereocenters. The van der Waals surface area contributed by atoms with Crippen molar-refractivity contribution in [1.29, 1.82) is 0 Å². The third-order valence-electron chi connectivity index (χ3n) is 2.78. The van der Waals surface area contributed by atoms with Gasteiger partial charge in [-0.3, -0.25) is 4.79 Å². The molecule has 1 amide bonds. The molecule has 2 aromatic rings. The molecule has 0 bridgehead atoms. The maximum absolute atomic E-state index is 12.0. The SMILES string of the molecule is CCOc1cc(/C=N/NC(=O)c2ccccc2I)ccc1O. The summed E-state index contributed by atoms with van der Waals surface area (Å²) in [4.78, 5) is 12.0. The lowest BCUT2D eigenvalue weighted by Crippen LogP contribution is -2.18. The number of phenolic OH excluding ortho intramolecular Hbond substituents is 1. The van der Waals surface area contributed by atoms with Gasteiger partial charge < -0.3 is 9.84 Å². The van der Waals surface area contributed by atoms with E-state index < -0.39 is 0 Å². The van der Waals surface area contributed by atoms with Crippen LogP contribution in [0.5, 0.6) is 11.5 Å². The molecule has 0 saturated heterocycles. The van der Waals surface area contributed by atoms with Crippen LogP contribution in [0.3, 0.4) is 0 Å². The van der Waals surface area contributed by atoms with Crippen LogP contribution in [0.1, 0.15) is 22.8 Å². The number of rotatable bonds is 5. The highest BCUT2D eigenvalue weighted by Crippen LogP contribution is 2.26. The monoisotopic (exact) mass is 410 g/mol. The van der Waals surface area contributed by atoms with Crippen molar-refractivity contribution < 1.29 is 14.6 Å². The number of amides is 1. The van der Waals surface area contributed by atoms with Crippen molar-refractivity contribution in [2.75, 3.05) is 6.61 Å². The van der Waals surface area contributed by atoms with Gasteiger partial charge in [-0.2, -0.15) is 5.10 Å². The molecule has 0 radical (unpaired) electrons. The number of phenols is 1. The summed E-state index contributed by atoms with van der Waals surface area (Å²) in [5, 5.41) is 13.5. The van der Waals surface area contributed by atoms with Crippen LogP contribution in [0.25, 0.3) is 0 Å². The van der Waals surface area contributed by atoms with Crippen LogP contribution in [-0.4, -0.2) is 23.8 Å². The van der Waals surface area contributed by atoms with Gasteiger partial charge in [0.15, 0.2) is 11.5 Å². The Hall–Kier alpha value is -2.09. The standard InChI is InChI=1S/C16H15IN2O3/c1-2-22-15-9-11(7-8-14(15)20)10-18-19-16(21)12-5-3-4-6-13(12)17/h3-10,20H,2H2,1H3,(H,19,21)/b18-10+. The molecule has 6 heteroatoms. The van der Waals surface area contributed by atoms with Gasteiger partial charge in [0.05, 0.1) is 18.4 Å². The number of halogens is 1. The minimum Gasteiger partial charge on any atom is -0.504 e. The third-order valence-corrected chi connectivity index (χ3v) is 3.72. The molecule has 22 heavy (non-hydrogen) atoms. The van der Waals surface area contributed by atoms with E-state index in [-0.39, 0.29) is 11.7 Å². The van der Waals surface area contributed by atoms with E-state index in [1.165, 1.54) is 12.3 Å². The first-order chi connectivity index (χ1) is 10.6. The van der Waals surface area contributed by atoms with Gasteiger partial charge in [0.2, 0.25) is 0 Å². The number of carbonyl (C=O) groups is 1. The summed E-state index contributed by atoms with van der Waals surface area (Å²) in [7, 11) is 0. The minimum absolute atomic E-state index is 0.0712. The minimum atomic E-state index is -0.273. The number of hydrogen-bond donors (Lipinski definition) is 2. The highest BCUT2D eigenvalue weighted by molar-refractivity contribution is 14.1. The zero-order chi connectivity index (χ0) is 15.9. The second kappa shape index (κ2) is 7.79. The van der Waals surface area contributed by atoms with Gasteiger partial charge in [-0.25, -0.2) is 5.43 Å². The molecule has 0 aliphatic rings. The van der Waals surface area contributed by atoms with Gasteiger partial charge in [0.25, 0.3) is 5.91 Å². The fourth-order valence-corrected chi connectivity index (χ4v) is 2.39. The molecule has 0 heterocycles. The fraction of sp³-hybridized carbons (Fsp3) is 0.125. The number of ether oxygens (including phenoxy) is 1. The molecule has 0 fully saturated rings. The Bertz CT molecular complexity index is 702. The van der Waals surface area contributed by atoms with E-state index in [4.69, 9.17) is 4.74 Å². The molecular weight excluding hydrogens is 395 g/mol. The van der Waals surface area contributed by atoms with Gasteiger partial charge in [-0.05, 0) is 65.4 Å². The summed E-state index contributed by atoms with van der Waals surface area (Å²) in [6.45, 7) is 2.29. The second-order valence-electron chi connectivity index (χ2n) is 4.34. The van der Waals surface area contributed by atoms with Crippen LogP contribution < -0.4 is 10.2 Å². The molecule has 0 aliphatic heterocycles. The van der Waals surface area contributed by atoms with Crippen molar-refractivity contribution in [2.45, 2.75) is 6.92 Å². The van der Waals surface area contributed by atoms with Crippen molar-refractivity contribution in [3.05, 3.63) is 57.2 Å². The molecule has 0 spiro atoms. The number of hydrogen-bond acceptors (Lipinski definition) is 4. The average molecular weight is 410 g/mol. The van der Waals surface area contributed by atoms with Crippen molar-refractivity contribution in [3.8, 4) is 11.5 Å². The molecule has 2 aromatic carbocycles. The number of carbonyl (C=O) groups excluding carboxylic acids is 1. The highest BCUT2D eigenvalue weighted by atomic mass is 127. The Morgan fingerprint density at radius 3 is 2.86 bits per heavy atom. The molecule has 2 N–H and O–H groups in total. The van der Waals surface area contributed by atoms with Gasteiger partial charge >= 0.3 is 0 Å². The lowest BCUT2D eigenvalue weighted by molar-refractivity contribution is 0.0954. The topological polar surface area (TPSA) is 70.9 Å². The van der Waals surface area contributed by atoms with Gasteiger partial charge in [0.1, 0.15) is 0 Å². The van der Waals surface area contributed by atoms with E-state index in [2.05, 4.69) is 33.1 Å². The highest BCUT2D eigenvalue weighted by Gasteiger charge is 2.07. The quantitative estimate of drug-likeness (QED) is 0.452. The van der Waals surface area contributed by atoms with E-state index in [0.29, 0.717) is 23.5 Å². The Kier molecular flexibility index (Phi) is 5.76. The first-order valence-electron chi connectivity index (χ1n) is 6.65. The molecule has 0 saturated carbocycles. The lowest BCUT2D eigenvalue weighted by Gasteiger charge is -2.06. The molecule has 2 rings (SSSR count). The maximum Gasteiger partial charge on any atom is 0.272 e. The molecule has 0 atom stereocenters. The predicted molar refractivity (Wildman–Crippen MR) is 93.5 cm³/mol.